The lowest BCUT2D eigenvalue weighted by atomic mass is 10.1. The number of nitrogens with zero attached hydrogens (tertiary/aromatic N) is 2. The average molecular weight is 413 g/mol. The molecular weight excluding hydrogens is 390 g/mol. The minimum absolute atomic E-state index is 0.186. The first kappa shape index (κ1) is 19.6. The lowest BCUT2D eigenvalue weighted by Crippen LogP contribution is -2.38. The van der Waals surface area contributed by atoms with Gasteiger partial charge in [0.05, 0.1) is 30.3 Å². The molecule has 2 aromatic carbocycles. The molecule has 1 atom stereocenters. The molecule has 152 valence electrons. The summed E-state index contributed by atoms with van der Waals surface area (Å²) in [7, 11) is -2.08. The Hall–Kier alpha value is -2.68. The van der Waals surface area contributed by atoms with Crippen molar-refractivity contribution in [1.29, 1.82) is 0 Å². The van der Waals surface area contributed by atoms with Crippen LogP contribution in [-0.4, -0.2) is 37.7 Å². The van der Waals surface area contributed by atoms with Crippen LogP contribution in [0.25, 0.3) is 11.3 Å². The molecule has 0 bridgehead atoms. The van der Waals surface area contributed by atoms with E-state index in [0.717, 1.165) is 17.1 Å². The van der Waals surface area contributed by atoms with E-state index in [1.807, 2.05) is 29.8 Å². The summed E-state index contributed by atoms with van der Waals surface area (Å²) in [6.45, 7) is 3.12. The number of hydrogen-bond acceptors (Lipinski definition) is 5. The van der Waals surface area contributed by atoms with Crippen molar-refractivity contribution in [1.82, 2.24) is 14.3 Å². The van der Waals surface area contributed by atoms with Crippen LogP contribution in [0.15, 0.2) is 59.6 Å². The summed E-state index contributed by atoms with van der Waals surface area (Å²) in [5.74, 6) is 1.45. The SMILES string of the molecule is COc1ccc(S(=O)(=O)NCC2Cn3cc(-c4ccc(C)cc4)nc3CO2)cc1. The van der Waals surface area contributed by atoms with Gasteiger partial charge in [0.15, 0.2) is 0 Å². The quantitative estimate of drug-likeness (QED) is 0.672. The van der Waals surface area contributed by atoms with Crippen LogP contribution in [0.5, 0.6) is 5.75 Å². The predicted octanol–water partition coefficient (Wildman–Crippen LogP) is 2.74. The monoisotopic (exact) mass is 413 g/mol. The van der Waals surface area contributed by atoms with Crippen molar-refractivity contribution >= 4 is 10.0 Å². The average Bonchev–Trinajstić information content (AvgIpc) is 3.16. The van der Waals surface area contributed by atoms with E-state index >= 15 is 0 Å². The number of methoxy groups -OCH3 is 1. The fourth-order valence-electron chi connectivity index (χ4n) is 3.22. The molecule has 1 aromatic heterocycles. The van der Waals surface area contributed by atoms with Crippen molar-refractivity contribution in [2.24, 2.45) is 0 Å². The Labute approximate surface area is 170 Å². The predicted molar refractivity (Wildman–Crippen MR) is 109 cm³/mol. The Kier molecular flexibility index (Phi) is 5.40. The van der Waals surface area contributed by atoms with E-state index in [9.17, 15) is 8.42 Å². The number of rotatable bonds is 6. The number of imidazole rings is 1. The summed E-state index contributed by atoms with van der Waals surface area (Å²) >= 11 is 0. The lowest BCUT2D eigenvalue weighted by molar-refractivity contribution is 0.00586. The second-order valence-electron chi connectivity index (χ2n) is 7.02. The maximum absolute atomic E-state index is 12.5. The number of aryl methyl sites for hydroxylation is 1. The van der Waals surface area contributed by atoms with Gasteiger partial charge < -0.3 is 14.0 Å². The van der Waals surface area contributed by atoms with Gasteiger partial charge in [0.2, 0.25) is 10.0 Å². The minimum atomic E-state index is -3.61. The van der Waals surface area contributed by atoms with E-state index in [2.05, 4.69) is 21.8 Å². The summed E-state index contributed by atoms with van der Waals surface area (Å²) in [5, 5.41) is 0. The molecule has 1 unspecified atom stereocenters. The number of sulfonamides is 1. The van der Waals surface area contributed by atoms with Crippen molar-refractivity contribution in [3.05, 3.63) is 66.1 Å². The van der Waals surface area contributed by atoms with E-state index in [1.165, 1.54) is 24.8 Å². The van der Waals surface area contributed by atoms with Gasteiger partial charge >= 0.3 is 0 Å². The molecule has 7 nitrogen and oxygen atoms in total. The molecule has 0 saturated heterocycles. The maximum Gasteiger partial charge on any atom is 0.240 e. The van der Waals surface area contributed by atoms with Gasteiger partial charge in [-0.15, -0.1) is 0 Å². The van der Waals surface area contributed by atoms with Gasteiger partial charge in [0, 0.05) is 18.3 Å². The molecule has 0 spiro atoms. The maximum atomic E-state index is 12.5. The van der Waals surface area contributed by atoms with Gasteiger partial charge in [0.25, 0.3) is 0 Å². The van der Waals surface area contributed by atoms with E-state index in [0.29, 0.717) is 18.9 Å². The van der Waals surface area contributed by atoms with Crippen LogP contribution in [0.2, 0.25) is 0 Å². The highest BCUT2D eigenvalue weighted by Crippen LogP contribution is 2.23. The van der Waals surface area contributed by atoms with Gasteiger partial charge in [-0.3, -0.25) is 0 Å². The van der Waals surface area contributed by atoms with Crippen molar-refractivity contribution in [3.8, 4) is 17.0 Å². The molecule has 0 fully saturated rings. The molecule has 2 heterocycles. The molecular formula is C21H23N3O4S. The van der Waals surface area contributed by atoms with Crippen LogP contribution < -0.4 is 9.46 Å². The number of fused-ring (bicyclic) bond motifs is 1. The van der Waals surface area contributed by atoms with Crippen molar-refractivity contribution in [2.45, 2.75) is 31.1 Å². The highest BCUT2D eigenvalue weighted by atomic mass is 32.2. The highest BCUT2D eigenvalue weighted by molar-refractivity contribution is 7.89. The highest BCUT2D eigenvalue weighted by Gasteiger charge is 2.23. The normalized spacial score (nSPS) is 16.4. The third-order valence-electron chi connectivity index (χ3n) is 4.93. The zero-order chi connectivity index (χ0) is 20.4. The fraction of sp³-hybridized carbons (Fsp3) is 0.286. The molecule has 1 aliphatic rings. The Balaban J connectivity index is 1.41. The molecule has 0 aliphatic carbocycles. The van der Waals surface area contributed by atoms with Crippen LogP contribution in [-0.2, 0) is 27.9 Å². The van der Waals surface area contributed by atoms with Gasteiger partial charge in [-0.1, -0.05) is 29.8 Å². The Morgan fingerprint density at radius 1 is 1.17 bits per heavy atom. The largest absolute Gasteiger partial charge is 0.497 e. The molecule has 4 rings (SSSR count). The fourth-order valence-corrected chi connectivity index (χ4v) is 4.29. The molecule has 0 radical (unpaired) electrons. The van der Waals surface area contributed by atoms with Crippen molar-refractivity contribution in [2.75, 3.05) is 13.7 Å². The van der Waals surface area contributed by atoms with Crippen LogP contribution in [0.1, 0.15) is 11.4 Å². The standard InChI is InChI=1S/C21H23N3O4S/c1-15-3-5-16(6-4-15)20-13-24-12-18(28-14-21(24)23-20)11-22-29(25,26)19-9-7-17(27-2)8-10-19/h3-10,13,18,22H,11-12,14H2,1-2H3. The first-order valence-electron chi connectivity index (χ1n) is 9.33. The van der Waals surface area contributed by atoms with Crippen molar-refractivity contribution < 1.29 is 17.9 Å². The molecule has 0 saturated carbocycles. The van der Waals surface area contributed by atoms with Crippen LogP contribution in [0.4, 0.5) is 0 Å². The van der Waals surface area contributed by atoms with Gasteiger partial charge in [-0.05, 0) is 31.2 Å². The smallest absolute Gasteiger partial charge is 0.240 e. The van der Waals surface area contributed by atoms with E-state index < -0.39 is 10.0 Å². The number of hydrogen-bond donors (Lipinski definition) is 1. The molecule has 8 heteroatoms. The number of nitrogens with one attached hydrogen (secondary N) is 1. The van der Waals surface area contributed by atoms with Crippen molar-refractivity contribution in [3.63, 3.8) is 0 Å². The van der Waals surface area contributed by atoms with E-state index in [-0.39, 0.29) is 17.5 Å². The molecule has 29 heavy (non-hydrogen) atoms. The summed E-state index contributed by atoms with van der Waals surface area (Å²) in [6, 6.07) is 14.5. The summed E-state index contributed by atoms with van der Waals surface area (Å²) in [5.41, 5.74) is 3.14. The second-order valence-corrected chi connectivity index (χ2v) is 8.79. The minimum Gasteiger partial charge on any atom is -0.497 e. The summed E-state index contributed by atoms with van der Waals surface area (Å²) in [6.07, 6.45) is 1.73. The summed E-state index contributed by atoms with van der Waals surface area (Å²) < 4.78 is 40.6. The van der Waals surface area contributed by atoms with E-state index in [1.54, 1.807) is 12.1 Å². The lowest BCUT2D eigenvalue weighted by Gasteiger charge is -2.24. The van der Waals surface area contributed by atoms with E-state index in [4.69, 9.17) is 9.47 Å². The topological polar surface area (TPSA) is 82.5 Å². The number of benzene rings is 2. The second kappa shape index (κ2) is 7.98. The first-order valence-corrected chi connectivity index (χ1v) is 10.8. The van der Waals surface area contributed by atoms with Crippen LogP contribution in [0.3, 0.4) is 0 Å². The van der Waals surface area contributed by atoms with Crippen LogP contribution >= 0.6 is 0 Å². The third kappa shape index (κ3) is 4.34. The molecule has 1 N–H and O–H groups in total. The third-order valence-corrected chi connectivity index (χ3v) is 6.37. The molecule has 0 amide bonds. The van der Waals surface area contributed by atoms with Gasteiger partial charge in [-0.2, -0.15) is 0 Å². The molecule has 1 aliphatic heterocycles. The first-order chi connectivity index (χ1) is 13.9. The Morgan fingerprint density at radius 2 is 1.90 bits per heavy atom. The van der Waals surface area contributed by atoms with Gasteiger partial charge in [-0.25, -0.2) is 18.1 Å². The van der Waals surface area contributed by atoms with Crippen LogP contribution in [0, 0.1) is 6.92 Å². The van der Waals surface area contributed by atoms with Gasteiger partial charge in [0.1, 0.15) is 18.2 Å². The molecule has 3 aromatic rings. The Morgan fingerprint density at radius 3 is 2.59 bits per heavy atom. The number of ether oxygens (including phenoxy) is 2. The zero-order valence-electron chi connectivity index (χ0n) is 16.3. The number of aromatic nitrogens is 2. The Bertz CT molecular complexity index is 1090. The summed E-state index contributed by atoms with van der Waals surface area (Å²) in [4.78, 5) is 4.84. The zero-order valence-corrected chi connectivity index (χ0v) is 17.1.